The van der Waals surface area contributed by atoms with Crippen LogP contribution in [0, 0.1) is 6.92 Å². The molecule has 3 nitrogen and oxygen atoms in total. The quantitative estimate of drug-likeness (QED) is 0.778. The Hall–Kier alpha value is -0.450. The van der Waals surface area contributed by atoms with Gasteiger partial charge in [0.2, 0.25) is 0 Å². The minimum atomic E-state index is 0.197. The van der Waals surface area contributed by atoms with Crippen LogP contribution >= 0.6 is 11.3 Å². The number of hydrogen-bond acceptors (Lipinski definition) is 4. The third-order valence-corrected chi connectivity index (χ3v) is 3.34. The molecule has 0 saturated heterocycles. The lowest BCUT2D eigenvalue weighted by Gasteiger charge is -2.21. The number of thiazole rings is 1. The molecule has 1 aromatic rings. The van der Waals surface area contributed by atoms with E-state index in [0.29, 0.717) is 6.04 Å². The van der Waals surface area contributed by atoms with Gasteiger partial charge in [-0.1, -0.05) is 0 Å². The van der Waals surface area contributed by atoms with Crippen LogP contribution < -0.4 is 10.6 Å². The molecule has 2 N–H and O–H groups in total. The van der Waals surface area contributed by atoms with Crippen LogP contribution in [0.15, 0.2) is 6.20 Å². The molecule has 4 heteroatoms. The highest BCUT2D eigenvalue weighted by atomic mass is 32.1. The van der Waals surface area contributed by atoms with Crippen molar-refractivity contribution in [1.29, 1.82) is 0 Å². The van der Waals surface area contributed by atoms with Gasteiger partial charge >= 0.3 is 0 Å². The number of nitrogens with one attached hydrogen (secondary N) is 2. The predicted molar refractivity (Wildman–Crippen MR) is 71.0 cm³/mol. The summed E-state index contributed by atoms with van der Waals surface area (Å²) < 4.78 is 0. The number of hydrogen-bond donors (Lipinski definition) is 2. The zero-order valence-corrected chi connectivity index (χ0v) is 11.7. The highest BCUT2D eigenvalue weighted by molar-refractivity contribution is 7.11. The second kappa shape index (κ2) is 5.75. The normalized spacial score (nSPS) is 14.1. The monoisotopic (exact) mass is 241 g/mol. The van der Waals surface area contributed by atoms with Gasteiger partial charge in [0.25, 0.3) is 0 Å². The zero-order valence-electron chi connectivity index (χ0n) is 10.9. The first-order valence-electron chi connectivity index (χ1n) is 5.79. The molecule has 1 heterocycles. The summed E-state index contributed by atoms with van der Waals surface area (Å²) in [5, 5.41) is 8.10. The molecule has 0 bridgehead atoms. The first kappa shape index (κ1) is 13.6. The van der Waals surface area contributed by atoms with E-state index < -0.39 is 0 Å². The molecular formula is C12H23N3S. The molecule has 1 aromatic heterocycles. The van der Waals surface area contributed by atoms with Crippen molar-refractivity contribution in [2.45, 2.75) is 46.2 Å². The van der Waals surface area contributed by atoms with Gasteiger partial charge in [-0.15, -0.1) is 11.3 Å². The van der Waals surface area contributed by atoms with E-state index in [1.54, 1.807) is 11.3 Å². The zero-order chi connectivity index (χ0) is 12.2. The van der Waals surface area contributed by atoms with E-state index in [1.165, 1.54) is 9.88 Å². The average Bonchev–Trinajstić information content (AvgIpc) is 2.57. The van der Waals surface area contributed by atoms with Crippen molar-refractivity contribution in [2.75, 3.05) is 13.1 Å². The van der Waals surface area contributed by atoms with Crippen molar-refractivity contribution in [3.8, 4) is 0 Å². The number of aromatic nitrogens is 1. The van der Waals surface area contributed by atoms with Crippen LogP contribution in [0.4, 0.5) is 0 Å². The van der Waals surface area contributed by atoms with E-state index in [9.17, 15) is 0 Å². The summed E-state index contributed by atoms with van der Waals surface area (Å²) in [6, 6.07) is 0.348. The predicted octanol–water partition coefficient (Wildman–Crippen LogP) is 2.49. The molecule has 1 atom stereocenters. The van der Waals surface area contributed by atoms with E-state index >= 15 is 0 Å². The maximum absolute atomic E-state index is 4.38. The maximum atomic E-state index is 4.38. The van der Waals surface area contributed by atoms with Crippen molar-refractivity contribution >= 4 is 11.3 Å². The molecule has 0 fully saturated rings. The van der Waals surface area contributed by atoms with Crippen LogP contribution in [-0.2, 0) is 0 Å². The van der Waals surface area contributed by atoms with Gasteiger partial charge in [0.1, 0.15) is 5.01 Å². The van der Waals surface area contributed by atoms with Crippen LogP contribution in [0.5, 0.6) is 0 Å². The molecule has 0 spiro atoms. The molecule has 1 unspecified atom stereocenters. The maximum Gasteiger partial charge on any atom is 0.109 e. The van der Waals surface area contributed by atoms with Crippen LogP contribution in [0.25, 0.3) is 0 Å². The van der Waals surface area contributed by atoms with Gasteiger partial charge in [0, 0.05) is 29.7 Å². The molecule has 0 saturated carbocycles. The Balaban J connectivity index is 2.23. The fourth-order valence-electron chi connectivity index (χ4n) is 1.39. The van der Waals surface area contributed by atoms with Crippen LogP contribution in [0.1, 0.15) is 43.6 Å². The van der Waals surface area contributed by atoms with Gasteiger partial charge in [-0.2, -0.15) is 0 Å². The van der Waals surface area contributed by atoms with Crippen LogP contribution in [0.2, 0.25) is 0 Å². The van der Waals surface area contributed by atoms with Crippen molar-refractivity contribution in [1.82, 2.24) is 15.6 Å². The fraction of sp³-hybridized carbons (Fsp3) is 0.750. The lowest BCUT2D eigenvalue weighted by atomic mass is 10.1. The third kappa shape index (κ3) is 5.05. The Morgan fingerprint density at radius 1 is 1.38 bits per heavy atom. The first-order chi connectivity index (χ1) is 7.38. The Labute approximate surface area is 103 Å². The van der Waals surface area contributed by atoms with Crippen molar-refractivity contribution < 1.29 is 0 Å². The molecule has 0 amide bonds. The summed E-state index contributed by atoms with van der Waals surface area (Å²) in [6.07, 6.45) is 1.94. The van der Waals surface area contributed by atoms with E-state index in [-0.39, 0.29) is 5.54 Å². The Morgan fingerprint density at radius 2 is 2.06 bits per heavy atom. The van der Waals surface area contributed by atoms with E-state index in [2.05, 4.69) is 50.2 Å². The lowest BCUT2D eigenvalue weighted by Crippen LogP contribution is -2.40. The van der Waals surface area contributed by atoms with E-state index in [4.69, 9.17) is 0 Å². The summed E-state index contributed by atoms with van der Waals surface area (Å²) in [4.78, 5) is 5.65. The molecule has 0 aliphatic heterocycles. The molecule has 0 aliphatic rings. The number of nitrogens with zero attached hydrogens (tertiary/aromatic N) is 1. The second-order valence-corrected chi connectivity index (χ2v) is 6.43. The number of rotatable bonds is 5. The molecule has 16 heavy (non-hydrogen) atoms. The van der Waals surface area contributed by atoms with Gasteiger partial charge in [0.15, 0.2) is 0 Å². The Morgan fingerprint density at radius 3 is 2.56 bits per heavy atom. The summed E-state index contributed by atoms with van der Waals surface area (Å²) in [5.41, 5.74) is 0.197. The lowest BCUT2D eigenvalue weighted by molar-refractivity contribution is 0.414. The standard InChI is InChI=1S/C12H23N3S/c1-9-8-14-11(16-9)10(2)13-6-7-15-12(3,4)5/h8,10,13,15H,6-7H2,1-5H3. The highest BCUT2D eigenvalue weighted by Gasteiger charge is 2.10. The minimum Gasteiger partial charge on any atom is -0.311 e. The summed E-state index contributed by atoms with van der Waals surface area (Å²) in [5.74, 6) is 0. The summed E-state index contributed by atoms with van der Waals surface area (Å²) >= 11 is 1.77. The Bertz CT molecular complexity index is 314. The van der Waals surface area contributed by atoms with Crippen molar-refractivity contribution in [2.24, 2.45) is 0 Å². The van der Waals surface area contributed by atoms with E-state index in [0.717, 1.165) is 13.1 Å². The van der Waals surface area contributed by atoms with Gasteiger partial charge in [-0.3, -0.25) is 0 Å². The minimum absolute atomic E-state index is 0.197. The largest absolute Gasteiger partial charge is 0.311 e. The first-order valence-corrected chi connectivity index (χ1v) is 6.61. The molecule has 0 aromatic carbocycles. The number of aryl methyl sites for hydroxylation is 1. The van der Waals surface area contributed by atoms with Crippen molar-refractivity contribution in [3.63, 3.8) is 0 Å². The second-order valence-electron chi connectivity index (χ2n) is 5.16. The molecule has 0 aliphatic carbocycles. The molecule has 0 radical (unpaired) electrons. The average molecular weight is 241 g/mol. The fourth-order valence-corrected chi connectivity index (χ4v) is 2.19. The van der Waals surface area contributed by atoms with Crippen LogP contribution in [-0.4, -0.2) is 23.6 Å². The van der Waals surface area contributed by atoms with Gasteiger partial charge < -0.3 is 10.6 Å². The van der Waals surface area contributed by atoms with Crippen LogP contribution in [0.3, 0.4) is 0 Å². The summed E-state index contributed by atoms with van der Waals surface area (Å²) in [6.45, 7) is 12.8. The smallest absolute Gasteiger partial charge is 0.109 e. The molecule has 92 valence electrons. The summed E-state index contributed by atoms with van der Waals surface area (Å²) in [7, 11) is 0. The topological polar surface area (TPSA) is 37.0 Å². The Kier molecular flexibility index (Phi) is 4.89. The van der Waals surface area contributed by atoms with Gasteiger partial charge in [0.05, 0.1) is 6.04 Å². The van der Waals surface area contributed by atoms with Gasteiger partial charge in [-0.05, 0) is 34.6 Å². The third-order valence-electron chi connectivity index (χ3n) is 2.24. The molecule has 1 rings (SSSR count). The SMILES string of the molecule is Cc1cnc(C(C)NCCNC(C)(C)C)s1. The molecular weight excluding hydrogens is 218 g/mol. The van der Waals surface area contributed by atoms with E-state index in [1.807, 2.05) is 6.20 Å². The highest BCUT2D eigenvalue weighted by Crippen LogP contribution is 2.18. The van der Waals surface area contributed by atoms with Crippen molar-refractivity contribution in [3.05, 3.63) is 16.1 Å². The van der Waals surface area contributed by atoms with Gasteiger partial charge in [-0.25, -0.2) is 4.98 Å².